The van der Waals surface area contributed by atoms with E-state index in [1.165, 1.54) is 12.1 Å². The van der Waals surface area contributed by atoms with Crippen LogP contribution < -0.4 is 11.5 Å². The Labute approximate surface area is 105 Å². The molecule has 0 unspecified atom stereocenters. The summed E-state index contributed by atoms with van der Waals surface area (Å²) in [5.74, 6) is -0.278. The monoisotopic (exact) mass is 243 g/mol. The van der Waals surface area contributed by atoms with E-state index in [1.54, 1.807) is 31.3 Å². The van der Waals surface area contributed by atoms with E-state index in [4.69, 9.17) is 11.5 Å². The van der Waals surface area contributed by atoms with Crippen LogP contribution in [-0.4, -0.2) is 12.8 Å². The number of nitrogens with two attached hydrogens (primary N) is 2. The van der Waals surface area contributed by atoms with Gasteiger partial charge in [0.1, 0.15) is 5.82 Å². The molecule has 92 valence electrons. The van der Waals surface area contributed by atoms with Crippen LogP contribution in [0.4, 0.5) is 15.8 Å². The first-order valence-electron chi connectivity index (χ1n) is 5.50. The fraction of sp³-hybridized carbons (Fsp3) is 0.0714. The first-order chi connectivity index (χ1) is 8.61. The minimum Gasteiger partial charge on any atom is -0.399 e. The zero-order valence-corrected chi connectivity index (χ0v) is 10.0. The lowest BCUT2D eigenvalue weighted by Crippen LogP contribution is -2.07. The number of halogens is 1. The SMILES string of the molecule is C/N=C(/c1ccc(F)cc1)c1ccc(N)cc1N. The van der Waals surface area contributed by atoms with Crippen LogP contribution in [0.25, 0.3) is 0 Å². The minimum absolute atomic E-state index is 0.278. The van der Waals surface area contributed by atoms with Crippen LogP contribution in [0, 0.1) is 5.82 Å². The van der Waals surface area contributed by atoms with Gasteiger partial charge in [0.05, 0.1) is 5.71 Å². The summed E-state index contributed by atoms with van der Waals surface area (Å²) in [4.78, 5) is 4.22. The Morgan fingerprint density at radius 1 is 1.06 bits per heavy atom. The molecule has 2 aromatic rings. The van der Waals surface area contributed by atoms with E-state index in [2.05, 4.69) is 4.99 Å². The smallest absolute Gasteiger partial charge is 0.123 e. The molecule has 0 aliphatic carbocycles. The third kappa shape index (κ3) is 2.32. The number of hydrogen-bond acceptors (Lipinski definition) is 3. The molecule has 0 bridgehead atoms. The first kappa shape index (κ1) is 12.1. The van der Waals surface area contributed by atoms with Crippen LogP contribution in [0.1, 0.15) is 11.1 Å². The van der Waals surface area contributed by atoms with Gasteiger partial charge in [-0.05, 0) is 42.5 Å². The average molecular weight is 243 g/mol. The zero-order chi connectivity index (χ0) is 13.1. The highest BCUT2D eigenvalue weighted by molar-refractivity contribution is 6.15. The van der Waals surface area contributed by atoms with Gasteiger partial charge in [-0.3, -0.25) is 4.99 Å². The largest absolute Gasteiger partial charge is 0.399 e. The van der Waals surface area contributed by atoms with E-state index in [-0.39, 0.29) is 5.82 Å². The average Bonchev–Trinajstić information content (AvgIpc) is 2.35. The van der Waals surface area contributed by atoms with Crippen LogP contribution in [0.15, 0.2) is 47.5 Å². The van der Waals surface area contributed by atoms with Gasteiger partial charge in [0.25, 0.3) is 0 Å². The number of hydrogen-bond donors (Lipinski definition) is 2. The zero-order valence-electron chi connectivity index (χ0n) is 10.0. The fourth-order valence-corrected chi connectivity index (χ4v) is 1.81. The molecule has 0 aromatic heterocycles. The topological polar surface area (TPSA) is 64.4 Å². The number of aliphatic imine (C=N–C) groups is 1. The van der Waals surface area contributed by atoms with E-state index in [1.807, 2.05) is 6.07 Å². The lowest BCUT2D eigenvalue weighted by molar-refractivity contribution is 0.628. The Balaban J connectivity index is 2.49. The second-order valence-electron chi connectivity index (χ2n) is 3.93. The molecule has 0 amide bonds. The van der Waals surface area contributed by atoms with E-state index in [0.29, 0.717) is 17.1 Å². The van der Waals surface area contributed by atoms with Crippen molar-refractivity contribution >= 4 is 17.1 Å². The number of rotatable bonds is 2. The van der Waals surface area contributed by atoms with Gasteiger partial charge in [0, 0.05) is 29.5 Å². The molecule has 0 aliphatic rings. The summed E-state index contributed by atoms with van der Waals surface area (Å²) in [6.45, 7) is 0. The maximum atomic E-state index is 12.9. The highest BCUT2D eigenvalue weighted by Gasteiger charge is 2.09. The predicted octanol–water partition coefficient (Wildman–Crippen LogP) is 2.46. The van der Waals surface area contributed by atoms with Gasteiger partial charge in [-0.1, -0.05) is 0 Å². The fourth-order valence-electron chi connectivity index (χ4n) is 1.81. The molecular formula is C14H14FN3. The van der Waals surface area contributed by atoms with Crippen LogP contribution in [0.3, 0.4) is 0 Å². The van der Waals surface area contributed by atoms with Gasteiger partial charge >= 0.3 is 0 Å². The quantitative estimate of drug-likeness (QED) is 0.628. The summed E-state index contributed by atoms with van der Waals surface area (Å²) in [5.41, 5.74) is 15.1. The maximum Gasteiger partial charge on any atom is 0.123 e. The van der Waals surface area contributed by atoms with E-state index < -0.39 is 0 Å². The molecule has 4 N–H and O–H groups in total. The van der Waals surface area contributed by atoms with E-state index >= 15 is 0 Å². The van der Waals surface area contributed by atoms with Crippen LogP contribution in [0.2, 0.25) is 0 Å². The van der Waals surface area contributed by atoms with E-state index in [0.717, 1.165) is 11.1 Å². The molecule has 0 spiro atoms. The van der Waals surface area contributed by atoms with Crippen molar-refractivity contribution < 1.29 is 4.39 Å². The Morgan fingerprint density at radius 3 is 2.28 bits per heavy atom. The maximum absolute atomic E-state index is 12.9. The Hall–Kier alpha value is -2.36. The molecule has 2 aromatic carbocycles. The molecule has 0 atom stereocenters. The Morgan fingerprint density at radius 2 is 1.72 bits per heavy atom. The summed E-state index contributed by atoms with van der Waals surface area (Å²) < 4.78 is 12.9. The number of nitrogens with zero attached hydrogens (tertiary/aromatic N) is 1. The van der Waals surface area contributed by atoms with E-state index in [9.17, 15) is 4.39 Å². The molecule has 0 saturated carbocycles. The number of benzene rings is 2. The number of nitrogen functional groups attached to an aromatic ring is 2. The van der Waals surface area contributed by atoms with Gasteiger partial charge < -0.3 is 11.5 Å². The van der Waals surface area contributed by atoms with Crippen molar-refractivity contribution in [3.05, 3.63) is 59.4 Å². The Kier molecular flexibility index (Phi) is 3.28. The van der Waals surface area contributed by atoms with Crippen LogP contribution >= 0.6 is 0 Å². The minimum atomic E-state index is -0.278. The molecular weight excluding hydrogens is 229 g/mol. The summed E-state index contributed by atoms with van der Waals surface area (Å²) in [7, 11) is 1.68. The second-order valence-corrected chi connectivity index (χ2v) is 3.93. The standard InChI is InChI=1S/C14H14FN3/c1-18-14(9-2-4-10(15)5-3-9)12-7-6-11(16)8-13(12)17/h2-8H,16-17H2,1H3/b18-14-. The highest BCUT2D eigenvalue weighted by atomic mass is 19.1. The normalized spacial score (nSPS) is 11.6. The molecule has 0 saturated heterocycles. The Bertz CT molecular complexity index is 588. The van der Waals surface area contributed by atoms with Crippen molar-refractivity contribution in [3.63, 3.8) is 0 Å². The molecule has 0 aliphatic heterocycles. The van der Waals surface area contributed by atoms with Crippen molar-refractivity contribution in [1.82, 2.24) is 0 Å². The van der Waals surface area contributed by atoms with Crippen molar-refractivity contribution in [3.8, 4) is 0 Å². The molecule has 0 radical (unpaired) electrons. The highest BCUT2D eigenvalue weighted by Crippen LogP contribution is 2.20. The van der Waals surface area contributed by atoms with Crippen molar-refractivity contribution in [2.45, 2.75) is 0 Å². The molecule has 4 heteroatoms. The van der Waals surface area contributed by atoms with Gasteiger partial charge in [-0.15, -0.1) is 0 Å². The molecule has 18 heavy (non-hydrogen) atoms. The van der Waals surface area contributed by atoms with Gasteiger partial charge in [-0.25, -0.2) is 4.39 Å². The van der Waals surface area contributed by atoms with Crippen molar-refractivity contribution in [2.75, 3.05) is 18.5 Å². The van der Waals surface area contributed by atoms with Crippen molar-refractivity contribution in [1.29, 1.82) is 0 Å². The molecule has 0 fully saturated rings. The molecule has 0 heterocycles. The summed E-state index contributed by atoms with van der Waals surface area (Å²) >= 11 is 0. The van der Waals surface area contributed by atoms with Gasteiger partial charge in [-0.2, -0.15) is 0 Å². The van der Waals surface area contributed by atoms with Crippen LogP contribution in [0.5, 0.6) is 0 Å². The van der Waals surface area contributed by atoms with Gasteiger partial charge in [0.2, 0.25) is 0 Å². The van der Waals surface area contributed by atoms with Crippen molar-refractivity contribution in [2.24, 2.45) is 4.99 Å². The summed E-state index contributed by atoms with van der Waals surface area (Å²) in [6, 6.07) is 11.4. The summed E-state index contributed by atoms with van der Waals surface area (Å²) in [5, 5.41) is 0. The first-order valence-corrected chi connectivity index (χ1v) is 5.50. The second kappa shape index (κ2) is 4.87. The number of anilines is 2. The predicted molar refractivity (Wildman–Crippen MR) is 73.2 cm³/mol. The third-order valence-electron chi connectivity index (χ3n) is 2.67. The molecule has 3 nitrogen and oxygen atoms in total. The lowest BCUT2D eigenvalue weighted by atomic mass is 10.0. The summed E-state index contributed by atoms with van der Waals surface area (Å²) in [6.07, 6.45) is 0. The lowest BCUT2D eigenvalue weighted by Gasteiger charge is -2.10. The third-order valence-corrected chi connectivity index (χ3v) is 2.67. The molecule has 2 rings (SSSR count). The van der Waals surface area contributed by atoms with Crippen LogP contribution in [-0.2, 0) is 0 Å². The van der Waals surface area contributed by atoms with Gasteiger partial charge in [0.15, 0.2) is 0 Å².